The zero-order valence-corrected chi connectivity index (χ0v) is 13.4. The van der Waals surface area contributed by atoms with Crippen molar-refractivity contribution >= 4 is 11.6 Å². The molecule has 0 spiro atoms. The highest BCUT2D eigenvalue weighted by Crippen LogP contribution is 2.50. The van der Waals surface area contributed by atoms with Crippen LogP contribution < -0.4 is 10.6 Å². The van der Waals surface area contributed by atoms with Gasteiger partial charge in [0.05, 0.1) is 6.54 Å². The summed E-state index contributed by atoms with van der Waals surface area (Å²) in [6.45, 7) is -0.717. The van der Waals surface area contributed by atoms with Crippen molar-refractivity contribution in [3.63, 3.8) is 0 Å². The largest absolute Gasteiger partial charge is 0.419 e. The van der Waals surface area contributed by atoms with Gasteiger partial charge in [-0.15, -0.1) is 0 Å². The smallest absolute Gasteiger partial charge is 0.368 e. The molecular formula is C16H17F5N2O2. The van der Waals surface area contributed by atoms with Crippen LogP contribution in [0.2, 0.25) is 0 Å². The lowest BCUT2D eigenvalue weighted by Gasteiger charge is -2.31. The van der Waals surface area contributed by atoms with Gasteiger partial charge in [0.25, 0.3) is 0 Å². The number of rotatable bonds is 4. The Bertz CT molecular complexity index is 705. The Kier molecular flexibility index (Phi) is 4.17. The fourth-order valence-electron chi connectivity index (χ4n) is 3.42. The van der Waals surface area contributed by atoms with E-state index in [0.29, 0.717) is 12.8 Å². The van der Waals surface area contributed by atoms with Crippen molar-refractivity contribution in [2.75, 3.05) is 18.6 Å². The normalized spacial score (nSPS) is 27.0. The zero-order valence-electron chi connectivity index (χ0n) is 13.4. The third-order valence-corrected chi connectivity index (χ3v) is 4.97. The third-order valence-electron chi connectivity index (χ3n) is 4.97. The summed E-state index contributed by atoms with van der Waals surface area (Å²) < 4.78 is 73.2. The second kappa shape index (κ2) is 5.82. The number of nitrogens with zero attached hydrogens (tertiary/aromatic N) is 1. The van der Waals surface area contributed by atoms with Gasteiger partial charge in [0.2, 0.25) is 5.91 Å². The molecule has 1 aliphatic carbocycles. The zero-order chi connectivity index (χ0) is 18.6. The number of carbonyl (C=O) groups is 1. The van der Waals surface area contributed by atoms with Gasteiger partial charge < -0.3 is 15.4 Å². The highest BCUT2D eigenvalue weighted by atomic mass is 19.4. The van der Waals surface area contributed by atoms with E-state index in [-0.39, 0.29) is 17.2 Å². The standard InChI is InChI=1S/C16H17F5N2O2/c1-25-15(16(19,20)21)6-11(14(22)24)23(7-15)10-5-4-9(17)13(18)12(10)8-2-3-8/h4-5,8,11H,2-3,6-7H2,1H3,(H2,22,24). The minimum atomic E-state index is -4.75. The van der Waals surface area contributed by atoms with Gasteiger partial charge in [0.1, 0.15) is 6.04 Å². The van der Waals surface area contributed by atoms with E-state index in [1.807, 2.05) is 0 Å². The van der Waals surface area contributed by atoms with Crippen molar-refractivity contribution < 1.29 is 31.5 Å². The Morgan fingerprint density at radius 1 is 1.32 bits per heavy atom. The van der Waals surface area contributed by atoms with Crippen LogP contribution in [0.15, 0.2) is 12.1 Å². The summed E-state index contributed by atoms with van der Waals surface area (Å²) in [4.78, 5) is 12.8. The number of amides is 1. The van der Waals surface area contributed by atoms with Gasteiger partial charge in [0, 0.05) is 24.8 Å². The first-order valence-electron chi connectivity index (χ1n) is 7.77. The van der Waals surface area contributed by atoms with Crippen LogP contribution in [0.4, 0.5) is 27.6 Å². The molecule has 1 aromatic rings. The Hall–Kier alpha value is -1.90. The van der Waals surface area contributed by atoms with Crippen molar-refractivity contribution in [1.29, 1.82) is 0 Å². The molecule has 3 rings (SSSR count). The first-order valence-corrected chi connectivity index (χ1v) is 7.77. The van der Waals surface area contributed by atoms with Gasteiger partial charge in [-0.05, 0) is 30.9 Å². The third kappa shape index (κ3) is 2.84. The topological polar surface area (TPSA) is 55.6 Å². The van der Waals surface area contributed by atoms with Crippen LogP contribution in [0.5, 0.6) is 0 Å². The number of carbonyl (C=O) groups excluding carboxylic acids is 1. The highest BCUT2D eigenvalue weighted by molar-refractivity contribution is 5.85. The van der Waals surface area contributed by atoms with Crippen molar-refractivity contribution in [1.82, 2.24) is 0 Å². The number of methoxy groups -OCH3 is 1. The van der Waals surface area contributed by atoms with Crippen LogP contribution in [0.25, 0.3) is 0 Å². The summed E-state index contributed by atoms with van der Waals surface area (Å²) in [5.41, 5.74) is 2.75. The first-order chi connectivity index (χ1) is 11.6. The van der Waals surface area contributed by atoms with Crippen LogP contribution in [0, 0.1) is 11.6 Å². The Labute approximate surface area is 140 Å². The van der Waals surface area contributed by atoms with E-state index in [0.717, 1.165) is 18.1 Å². The fourth-order valence-corrected chi connectivity index (χ4v) is 3.42. The second-order valence-electron chi connectivity index (χ2n) is 6.51. The minimum absolute atomic E-state index is 0.000303. The lowest BCUT2D eigenvalue weighted by molar-refractivity contribution is -0.261. The Morgan fingerprint density at radius 2 is 1.96 bits per heavy atom. The van der Waals surface area contributed by atoms with E-state index in [1.54, 1.807) is 0 Å². The molecular weight excluding hydrogens is 347 g/mol. The molecule has 0 bridgehead atoms. The average molecular weight is 364 g/mol. The first kappa shape index (κ1) is 17.9. The van der Waals surface area contributed by atoms with E-state index in [4.69, 9.17) is 10.5 Å². The number of halogens is 5. The number of benzene rings is 1. The molecule has 1 saturated carbocycles. The maximum Gasteiger partial charge on any atom is 0.419 e. The second-order valence-corrected chi connectivity index (χ2v) is 6.51. The molecule has 1 aliphatic heterocycles. The van der Waals surface area contributed by atoms with Crippen LogP contribution >= 0.6 is 0 Å². The number of hydrogen-bond acceptors (Lipinski definition) is 3. The van der Waals surface area contributed by atoms with Crippen molar-refractivity contribution in [2.24, 2.45) is 5.73 Å². The Morgan fingerprint density at radius 3 is 2.44 bits per heavy atom. The van der Waals surface area contributed by atoms with Crippen molar-refractivity contribution in [3.05, 3.63) is 29.3 Å². The summed E-state index contributed by atoms with van der Waals surface area (Å²) in [6, 6.07) is 0.711. The summed E-state index contributed by atoms with van der Waals surface area (Å²) in [5, 5.41) is 0. The van der Waals surface area contributed by atoms with E-state index in [9.17, 15) is 26.7 Å². The van der Waals surface area contributed by atoms with Crippen LogP contribution in [-0.2, 0) is 9.53 Å². The van der Waals surface area contributed by atoms with Gasteiger partial charge in [-0.25, -0.2) is 8.78 Å². The average Bonchev–Trinajstić information content (AvgIpc) is 3.27. The van der Waals surface area contributed by atoms with E-state index in [2.05, 4.69) is 0 Å². The summed E-state index contributed by atoms with van der Waals surface area (Å²) >= 11 is 0. The van der Waals surface area contributed by atoms with Gasteiger partial charge in [0.15, 0.2) is 17.2 Å². The van der Waals surface area contributed by atoms with Crippen LogP contribution in [0.1, 0.15) is 30.7 Å². The molecule has 1 aromatic carbocycles. The molecule has 2 aliphatic rings. The number of hydrogen-bond donors (Lipinski definition) is 1. The van der Waals surface area contributed by atoms with Crippen LogP contribution in [0.3, 0.4) is 0 Å². The van der Waals surface area contributed by atoms with Gasteiger partial charge >= 0.3 is 6.18 Å². The van der Waals surface area contributed by atoms with Crippen LogP contribution in [-0.4, -0.2) is 37.4 Å². The monoisotopic (exact) mass is 364 g/mol. The quantitative estimate of drug-likeness (QED) is 0.836. The molecule has 2 atom stereocenters. The number of anilines is 1. The molecule has 0 radical (unpaired) electrons. The number of ether oxygens (including phenoxy) is 1. The molecule has 1 saturated heterocycles. The molecule has 4 nitrogen and oxygen atoms in total. The van der Waals surface area contributed by atoms with Crippen molar-refractivity contribution in [3.8, 4) is 0 Å². The maximum absolute atomic E-state index is 14.3. The SMILES string of the molecule is COC1(C(F)(F)F)CC(C(N)=O)N(c2ccc(F)c(F)c2C2CC2)C1. The lowest BCUT2D eigenvalue weighted by Crippen LogP contribution is -2.49. The van der Waals surface area contributed by atoms with Gasteiger partial charge in [-0.1, -0.05) is 0 Å². The predicted molar refractivity (Wildman–Crippen MR) is 79.1 cm³/mol. The molecule has 2 N–H and O–H groups in total. The Balaban J connectivity index is 2.10. The lowest BCUT2D eigenvalue weighted by atomic mass is 9.99. The molecule has 1 heterocycles. The number of primary amides is 1. The van der Waals surface area contributed by atoms with E-state index < -0.39 is 48.3 Å². The summed E-state index contributed by atoms with van der Waals surface area (Å²) in [6.07, 6.45) is -4.23. The molecule has 25 heavy (non-hydrogen) atoms. The summed E-state index contributed by atoms with van der Waals surface area (Å²) in [7, 11) is 0.905. The fraction of sp³-hybridized carbons (Fsp3) is 0.562. The molecule has 9 heteroatoms. The van der Waals surface area contributed by atoms with Crippen molar-refractivity contribution in [2.45, 2.75) is 43.0 Å². The number of alkyl halides is 3. The molecule has 138 valence electrons. The van der Waals surface area contributed by atoms with E-state index >= 15 is 0 Å². The predicted octanol–water partition coefficient (Wildman–Crippen LogP) is 2.85. The number of nitrogens with two attached hydrogens (primary N) is 1. The maximum atomic E-state index is 14.3. The molecule has 1 amide bonds. The molecule has 2 fully saturated rings. The van der Waals surface area contributed by atoms with Gasteiger partial charge in [-0.2, -0.15) is 13.2 Å². The summed E-state index contributed by atoms with van der Waals surface area (Å²) in [5.74, 6) is -3.42. The van der Waals surface area contributed by atoms with E-state index in [1.165, 1.54) is 6.07 Å². The highest BCUT2D eigenvalue weighted by Gasteiger charge is 2.63. The molecule has 2 unspecified atom stereocenters. The van der Waals surface area contributed by atoms with Gasteiger partial charge in [-0.3, -0.25) is 4.79 Å². The minimum Gasteiger partial charge on any atom is -0.368 e. The molecule has 0 aromatic heterocycles.